The average molecular weight is 293 g/mol. The second-order valence-electron chi connectivity index (χ2n) is 3.82. The van der Waals surface area contributed by atoms with Crippen LogP contribution in [0.25, 0.3) is 0 Å². The van der Waals surface area contributed by atoms with Gasteiger partial charge in [-0.05, 0) is 18.6 Å². The Balaban J connectivity index is 3.45. The standard InChI is InChI=1S/C10H10F3N3O4/c1-2-5-14(16(19)20)9-6-7(10(11,12)13)3-4-8(9)15(17)18/h3-4,6H,2,5H2,1H3. The average Bonchev–Trinajstić information content (AvgIpc) is 2.33. The molecule has 0 amide bonds. The fourth-order valence-electron chi connectivity index (χ4n) is 1.56. The summed E-state index contributed by atoms with van der Waals surface area (Å²) in [6.45, 7) is 1.32. The molecule has 0 heterocycles. The fraction of sp³-hybridized carbons (Fsp3) is 0.400. The van der Waals surface area contributed by atoms with E-state index in [9.17, 15) is 33.4 Å². The van der Waals surface area contributed by atoms with Gasteiger partial charge in [0.25, 0.3) is 5.69 Å². The highest BCUT2D eigenvalue weighted by atomic mass is 19.4. The Morgan fingerprint density at radius 2 is 1.85 bits per heavy atom. The predicted molar refractivity (Wildman–Crippen MR) is 62.7 cm³/mol. The van der Waals surface area contributed by atoms with E-state index in [1.165, 1.54) is 0 Å². The second-order valence-corrected chi connectivity index (χ2v) is 3.82. The first-order chi connectivity index (χ1) is 9.18. The number of hydrogen-bond donors (Lipinski definition) is 0. The maximum absolute atomic E-state index is 12.6. The number of hydrazine groups is 1. The molecule has 20 heavy (non-hydrogen) atoms. The van der Waals surface area contributed by atoms with E-state index in [1.807, 2.05) is 0 Å². The van der Waals surface area contributed by atoms with Crippen molar-refractivity contribution in [2.24, 2.45) is 0 Å². The molecule has 0 saturated carbocycles. The first-order valence-corrected chi connectivity index (χ1v) is 5.46. The lowest BCUT2D eigenvalue weighted by Crippen LogP contribution is -2.31. The zero-order valence-electron chi connectivity index (χ0n) is 10.3. The van der Waals surface area contributed by atoms with Crippen molar-refractivity contribution < 1.29 is 23.1 Å². The number of benzene rings is 1. The third-order valence-corrected chi connectivity index (χ3v) is 2.41. The number of anilines is 1. The molecule has 10 heteroatoms. The van der Waals surface area contributed by atoms with Crippen LogP contribution in [0.4, 0.5) is 24.5 Å². The molecule has 1 aromatic carbocycles. The monoisotopic (exact) mass is 293 g/mol. The third-order valence-electron chi connectivity index (χ3n) is 2.41. The summed E-state index contributed by atoms with van der Waals surface area (Å²) in [7, 11) is 0. The van der Waals surface area contributed by atoms with Gasteiger partial charge >= 0.3 is 6.18 Å². The molecule has 0 saturated heterocycles. The van der Waals surface area contributed by atoms with Crippen molar-refractivity contribution in [2.75, 3.05) is 11.6 Å². The van der Waals surface area contributed by atoms with Crippen molar-refractivity contribution in [2.45, 2.75) is 19.5 Å². The lowest BCUT2D eigenvalue weighted by atomic mass is 10.1. The molecular formula is C10H10F3N3O4. The summed E-state index contributed by atoms with van der Waals surface area (Å²) >= 11 is 0. The number of hydrogen-bond acceptors (Lipinski definition) is 4. The number of nitrogens with zero attached hydrogens (tertiary/aromatic N) is 3. The minimum Gasteiger partial charge on any atom is -0.258 e. The zero-order valence-corrected chi connectivity index (χ0v) is 10.3. The topological polar surface area (TPSA) is 89.5 Å². The van der Waals surface area contributed by atoms with E-state index >= 15 is 0 Å². The van der Waals surface area contributed by atoms with E-state index in [4.69, 9.17) is 0 Å². The van der Waals surface area contributed by atoms with Crippen molar-refractivity contribution >= 4 is 11.4 Å². The van der Waals surface area contributed by atoms with Gasteiger partial charge in [0.15, 0.2) is 10.7 Å². The molecule has 0 aromatic heterocycles. The third kappa shape index (κ3) is 3.33. The lowest BCUT2D eigenvalue weighted by Gasteiger charge is -2.15. The molecule has 0 spiro atoms. The summed E-state index contributed by atoms with van der Waals surface area (Å²) in [5.41, 5.74) is -2.61. The summed E-state index contributed by atoms with van der Waals surface area (Å²) < 4.78 is 37.8. The summed E-state index contributed by atoms with van der Waals surface area (Å²) in [5, 5.41) is 21.0. The summed E-state index contributed by atoms with van der Waals surface area (Å²) in [6.07, 6.45) is -4.49. The second kappa shape index (κ2) is 5.72. The van der Waals surface area contributed by atoms with Crippen LogP contribution in [0.15, 0.2) is 18.2 Å². The maximum atomic E-state index is 12.6. The summed E-state index contributed by atoms with van der Waals surface area (Å²) in [6, 6.07) is 1.55. The number of nitro benzene ring substituents is 1. The van der Waals surface area contributed by atoms with Crippen LogP contribution < -0.4 is 5.01 Å². The highest BCUT2D eigenvalue weighted by Gasteiger charge is 2.35. The van der Waals surface area contributed by atoms with Crippen molar-refractivity contribution in [3.63, 3.8) is 0 Å². The lowest BCUT2D eigenvalue weighted by molar-refractivity contribution is -0.496. The Morgan fingerprint density at radius 1 is 1.25 bits per heavy atom. The molecule has 0 bridgehead atoms. The molecule has 110 valence electrons. The normalized spacial score (nSPS) is 11.2. The highest BCUT2D eigenvalue weighted by Crippen LogP contribution is 2.36. The van der Waals surface area contributed by atoms with Crippen LogP contribution >= 0.6 is 0 Å². The minimum atomic E-state index is -4.74. The molecule has 7 nitrogen and oxygen atoms in total. The smallest absolute Gasteiger partial charge is 0.258 e. The Kier molecular flexibility index (Phi) is 4.48. The molecule has 0 fully saturated rings. The van der Waals surface area contributed by atoms with Crippen LogP contribution in [-0.2, 0) is 6.18 Å². The van der Waals surface area contributed by atoms with E-state index in [-0.39, 0.29) is 13.0 Å². The van der Waals surface area contributed by atoms with E-state index in [0.29, 0.717) is 23.2 Å². The number of halogens is 3. The van der Waals surface area contributed by atoms with Gasteiger partial charge in [0.1, 0.15) is 0 Å². The van der Waals surface area contributed by atoms with E-state index in [1.54, 1.807) is 6.92 Å². The van der Waals surface area contributed by atoms with Gasteiger partial charge in [0.2, 0.25) is 0 Å². The van der Waals surface area contributed by atoms with Crippen molar-refractivity contribution in [1.82, 2.24) is 0 Å². The van der Waals surface area contributed by atoms with Crippen LogP contribution in [-0.4, -0.2) is 16.5 Å². The number of rotatable bonds is 5. The van der Waals surface area contributed by atoms with E-state index in [2.05, 4.69) is 0 Å². The van der Waals surface area contributed by atoms with Gasteiger partial charge in [-0.1, -0.05) is 11.9 Å². The Hall–Kier alpha value is -2.39. The van der Waals surface area contributed by atoms with Crippen LogP contribution in [0, 0.1) is 20.2 Å². The van der Waals surface area contributed by atoms with Gasteiger partial charge in [-0.3, -0.25) is 10.1 Å². The van der Waals surface area contributed by atoms with Gasteiger partial charge in [0, 0.05) is 6.07 Å². The van der Waals surface area contributed by atoms with E-state index in [0.717, 1.165) is 0 Å². The van der Waals surface area contributed by atoms with Gasteiger partial charge in [0.05, 0.1) is 17.0 Å². The Morgan fingerprint density at radius 3 is 2.25 bits per heavy atom. The maximum Gasteiger partial charge on any atom is 0.416 e. The minimum absolute atomic E-state index is 0.241. The van der Waals surface area contributed by atoms with Crippen LogP contribution in [0.5, 0.6) is 0 Å². The molecule has 1 rings (SSSR count). The zero-order chi connectivity index (χ0) is 15.5. The van der Waals surface area contributed by atoms with E-state index < -0.39 is 33.1 Å². The largest absolute Gasteiger partial charge is 0.416 e. The molecule has 0 aliphatic carbocycles. The van der Waals surface area contributed by atoms with Crippen molar-refractivity contribution in [1.29, 1.82) is 0 Å². The molecule has 0 radical (unpaired) electrons. The first-order valence-electron chi connectivity index (χ1n) is 5.46. The Bertz CT molecular complexity index is 533. The van der Waals surface area contributed by atoms with Crippen LogP contribution in [0.1, 0.15) is 18.9 Å². The summed E-state index contributed by atoms with van der Waals surface area (Å²) in [4.78, 5) is 20.7. The van der Waals surface area contributed by atoms with Gasteiger partial charge in [-0.25, -0.2) is 10.1 Å². The molecular weight excluding hydrogens is 283 g/mol. The predicted octanol–water partition coefficient (Wildman–Crippen LogP) is 3.02. The molecule has 0 aliphatic rings. The quantitative estimate of drug-likeness (QED) is 0.615. The van der Waals surface area contributed by atoms with Gasteiger partial charge in [-0.2, -0.15) is 13.2 Å². The molecule has 0 atom stereocenters. The van der Waals surface area contributed by atoms with Crippen molar-refractivity contribution in [3.05, 3.63) is 44.0 Å². The molecule has 1 aromatic rings. The SMILES string of the molecule is CCCN(c1cc(C(F)(F)F)ccc1[N+](=O)[O-])[N+](=O)[O-]. The van der Waals surface area contributed by atoms with Crippen molar-refractivity contribution in [3.8, 4) is 0 Å². The van der Waals surface area contributed by atoms with Crippen LogP contribution in [0.3, 0.4) is 0 Å². The number of nitro groups is 2. The van der Waals surface area contributed by atoms with Gasteiger partial charge in [-0.15, -0.1) is 0 Å². The Labute approximate surface area is 110 Å². The summed E-state index contributed by atoms with van der Waals surface area (Å²) in [5.74, 6) is 0. The van der Waals surface area contributed by atoms with Gasteiger partial charge < -0.3 is 0 Å². The first kappa shape index (κ1) is 15.7. The van der Waals surface area contributed by atoms with Crippen LogP contribution in [0.2, 0.25) is 0 Å². The fourth-order valence-corrected chi connectivity index (χ4v) is 1.56. The molecule has 0 unspecified atom stereocenters. The highest BCUT2D eigenvalue weighted by molar-refractivity contribution is 5.63. The molecule has 0 N–H and O–H groups in total. The number of alkyl halides is 3. The molecule has 0 aliphatic heterocycles.